The maximum absolute atomic E-state index is 12.2. The third-order valence-electron chi connectivity index (χ3n) is 4.58. The van der Waals surface area contributed by atoms with Crippen LogP contribution in [0.15, 0.2) is 12.4 Å². The molecular weight excluding hydrogens is 252 g/mol. The Morgan fingerprint density at radius 2 is 2.35 bits per heavy atom. The van der Waals surface area contributed by atoms with Gasteiger partial charge in [0.05, 0.1) is 6.54 Å². The number of carbonyl (C=O) groups excluding carboxylic acids is 1. The van der Waals surface area contributed by atoms with E-state index in [0.29, 0.717) is 23.8 Å². The number of aromatic nitrogens is 2. The first-order chi connectivity index (χ1) is 9.78. The lowest BCUT2D eigenvalue weighted by molar-refractivity contribution is -0.134. The van der Waals surface area contributed by atoms with Gasteiger partial charge in [0.25, 0.3) is 0 Å². The number of amides is 1. The smallest absolute Gasteiger partial charge is 0.225 e. The Kier molecular flexibility index (Phi) is 4.05. The third kappa shape index (κ3) is 3.03. The molecule has 1 saturated carbocycles. The Bertz CT molecular complexity index is 441. The standard InChI is InChI=1S/C15H24N4O/c1-2-11-10-19(15(20)12-3-4-12)8-5-13(11)18-9-14-16-6-7-17-14/h6-7,11-13,18H,2-5,8-10H2,1H3,(H,16,17)/t11-,13-/m1/s1. The van der Waals surface area contributed by atoms with Crippen LogP contribution in [0.2, 0.25) is 0 Å². The zero-order valence-electron chi connectivity index (χ0n) is 12.1. The van der Waals surface area contributed by atoms with Crippen LogP contribution in [-0.4, -0.2) is 39.9 Å². The number of piperidine rings is 1. The SMILES string of the molecule is CC[C@@H]1CN(C(=O)C2CC2)CC[C@H]1NCc1ncc[nH]1. The molecule has 2 atom stereocenters. The number of carbonyl (C=O) groups is 1. The highest BCUT2D eigenvalue weighted by Gasteiger charge is 2.37. The number of H-pyrrole nitrogens is 1. The molecule has 5 nitrogen and oxygen atoms in total. The second-order valence-corrected chi connectivity index (χ2v) is 6.04. The summed E-state index contributed by atoms with van der Waals surface area (Å²) in [5.41, 5.74) is 0. The average Bonchev–Trinajstić information content (AvgIpc) is 3.21. The van der Waals surface area contributed by atoms with E-state index < -0.39 is 0 Å². The molecule has 0 aromatic carbocycles. The van der Waals surface area contributed by atoms with Crippen LogP contribution in [0, 0.1) is 11.8 Å². The minimum absolute atomic E-state index is 0.347. The van der Waals surface area contributed by atoms with E-state index in [9.17, 15) is 4.79 Å². The van der Waals surface area contributed by atoms with Crippen molar-refractivity contribution in [3.8, 4) is 0 Å². The summed E-state index contributed by atoms with van der Waals surface area (Å²) in [6.07, 6.45) is 8.01. The van der Waals surface area contributed by atoms with Gasteiger partial charge in [0.15, 0.2) is 0 Å². The maximum atomic E-state index is 12.2. The number of nitrogens with zero attached hydrogens (tertiary/aromatic N) is 2. The fourth-order valence-electron chi connectivity index (χ4n) is 3.13. The highest BCUT2D eigenvalue weighted by Crippen LogP contribution is 2.33. The quantitative estimate of drug-likeness (QED) is 0.857. The van der Waals surface area contributed by atoms with E-state index in [1.165, 1.54) is 0 Å². The molecule has 2 N–H and O–H groups in total. The van der Waals surface area contributed by atoms with Crippen molar-refractivity contribution in [3.63, 3.8) is 0 Å². The topological polar surface area (TPSA) is 61.0 Å². The molecule has 5 heteroatoms. The lowest BCUT2D eigenvalue weighted by atomic mass is 9.89. The summed E-state index contributed by atoms with van der Waals surface area (Å²) < 4.78 is 0. The maximum Gasteiger partial charge on any atom is 0.225 e. The molecule has 1 aromatic rings. The largest absolute Gasteiger partial charge is 0.348 e. The highest BCUT2D eigenvalue weighted by molar-refractivity contribution is 5.81. The van der Waals surface area contributed by atoms with Gasteiger partial charge in [-0.3, -0.25) is 4.79 Å². The van der Waals surface area contributed by atoms with Gasteiger partial charge >= 0.3 is 0 Å². The fraction of sp³-hybridized carbons (Fsp3) is 0.733. The molecule has 0 spiro atoms. The zero-order chi connectivity index (χ0) is 13.9. The van der Waals surface area contributed by atoms with E-state index >= 15 is 0 Å². The van der Waals surface area contributed by atoms with Crippen LogP contribution < -0.4 is 5.32 Å². The number of hydrogen-bond acceptors (Lipinski definition) is 3. The van der Waals surface area contributed by atoms with Gasteiger partial charge in [-0.15, -0.1) is 0 Å². The van der Waals surface area contributed by atoms with Gasteiger partial charge in [0, 0.05) is 37.4 Å². The fourth-order valence-corrected chi connectivity index (χ4v) is 3.13. The van der Waals surface area contributed by atoms with Crippen LogP contribution in [0.3, 0.4) is 0 Å². The zero-order valence-corrected chi connectivity index (χ0v) is 12.1. The second-order valence-electron chi connectivity index (χ2n) is 6.04. The van der Waals surface area contributed by atoms with Crippen molar-refractivity contribution in [1.82, 2.24) is 20.2 Å². The molecule has 1 aliphatic carbocycles. The van der Waals surface area contributed by atoms with Crippen molar-refractivity contribution in [3.05, 3.63) is 18.2 Å². The number of aromatic amines is 1. The molecule has 1 aliphatic heterocycles. The minimum atomic E-state index is 0.347. The number of nitrogens with one attached hydrogen (secondary N) is 2. The third-order valence-corrected chi connectivity index (χ3v) is 4.58. The number of likely N-dealkylation sites (tertiary alicyclic amines) is 1. The van der Waals surface area contributed by atoms with Crippen molar-refractivity contribution in [2.45, 2.75) is 45.2 Å². The van der Waals surface area contributed by atoms with E-state index in [4.69, 9.17) is 0 Å². The monoisotopic (exact) mass is 276 g/mol. The number of rotatable bonds is 5. The molecule has 20 heavy (non-hydrogen) atoms. The van der Waals surface area contributed by atoms with E-state index in [0.717, 1.165) is 51.1 Å². The van der Waals surface area contributed by atoms with E-state index in [-0.39, 0.29) is 0 Å². The highest BCUT2D eigenvalue weighted by atomic mass is 16.2. The minimum Gasteiger partial charge on any atom is -0.348 e. The summed E-state index contributed by atoms with van der Waals surface area (Å²) in [5, 5.41) is 3.60. The molecule has 3 rings (SSSR count). The van der Waals surface area contributed by atoms with Gasteiger partial charge in [-0.1, -0.05) is 13.3 Å². The number of hydrogen-bond donors (Lipinski definition) is 2. The van der Waals surface area contributed by atoms with Crippen molar-refractivity contribution in [2.24, 2.45) is 11.8 Å². The van der Waals surface area contributed by atoms with Crippen LogP contribution in [0.1, 0.15) is 38.4 Å². The molecule has 2 heterocycles. The molecule has 0 unspecified atom stereocenters. The Hall–Kier alpha value is -1.36. The molecule has 1 saturated heterocycles. The van der Waals surface area contributed by atoms with Crippen LogP contribution in [0.4, 0.5) is 0 Å². The number of imidazole rings is 1. The van der Waals surface area contributed by atoms with Gasteiger partial charge in [-0.05, 0) is 25.2 Å². The van der Waals surface area contributed by atoms with Crippen LogP contribution in [0.25, 0.3) is 0 Å². The predicted octanol–water partition coefficient (Wildman–Crippen LogP) is 1.54. The van der Waals surface area contributed by atoms with E-state index in [2.05, 4.69) is 27.1 Å². The molecular formula is C15H24N4O. The van der Waals surface area contributed by atoms with Crippen molar-refractivity contribution >= 4 is 5.91 Å². The molecule has 0 radical (unpaired) electrons. The molecule has 2 fully saturated rings. The Morgan fingerprint density at radius 1 is 1.50 bits per heavy atom. The second kappa shape index (κ2) is 5.95. The normalized spacial score (nSPS) is 26.8. The van der Waals surface area contributed by atoms with Crippen molar-refractivity contribution in [1.29, 1.82) is 0 Å². The van der Waals surface area contributed by atoms with E-state index in [1.54, 1.807) is 6.20 Å². The average molecular weight is 276 g/mol. The summed E-state index contributed by atoms with van der Waals surface area (Å²) in [5.74, 6) is 2.28. The Labute approximate surface area is 120 Å². The first-order valence-corrected chi connectivity index (χ1v) is 7.78. The molecule has 1 amide bonds. The van der Waals surface area contributed by atoms with Crippen LogP contribution in [-0.2, 0) is 11.3 Å². The predicted molar refractivity (Wildman–Crippen MR) is 76.9 cm³/mol. The van der Waals surface area contributed by atoms with Crippen molar-refractivity contribution < 1.29 is 4.79 Å². The van der Waals surface area contributed by atoms with Crippen LogP contribution in [0.5, 0.6) is 0 Å². The lowest BCUT2D eigenvalue weighted by Gasteiger charge is -2.39. The van der Waals surface area contributed by atoms with Gasteiger partial charge in [0.2, 0.25) is 5.91 Å². The Morgan fingerprint density at radius 3 is 3.00 bits per heavy atom. The molecule has 1 aromatic heterocycles. The van der Waals surface area contributed by atoms with Gasteiger partial charge in [-0.2, -0.15) is 0 Å². The Balaban J connectivity index is 1.52. The summed E-state index contributed by atoms with van der Waals surface area (Å²) >= 11 is 0. The lowest BCUT2D eigenvalue weighted by Crippen LogP contribution is -2.51. The summed E-state index contributed by atoms with van der Waals surface area (Å²) in [4.78, 5) is 21.6. The van der Waals surface area contributed by atoms with Crippen molar-refractivity contribution in [2.75, 3.05) is 13.1 Å². The molecule has 2 aliphatic rings. The molecule has 110 valence electrons. The summed E-state index contributed by atoms with van der Waals surface area (Å²) in [6, 6.07) is 0.494. The van der Waals surface area contributed by atoms with E-state index in [1.807, 2.05) is 6.20 Å². The summed E-state index contributed by atoms with van der Waals surface area (Å²) in [7, 11) is 0. The van der Waals surface area contributed by atoms with Gasteiger partial charge in [0.1, 0.15) is 5.82 Å². The molecule has 0 bridgehead atoms. The van der Waals surface area contributed by atoms with Gasteiger partial charge < -0.3 is 15.2 Å². The first-order valence-electron chi connectivity index (χ1n) is 7.78. The van der Waals surface area contributed by atoms with Gasteiger partial charge in [-0.25, -0.2) is 4.98 Å². The summed E-state index contributed by atoms with van der Waals surface area (Å²) in [6.45, 7) is 4.82. The first kappa shape index (κ1) is 13.6. The van der Waals surface area contributed by atoms with Crippen LogP contribution >= 0.6 is 0 Å².